The molecule has 1 unspecified atom stereocenters. The number of amides is 1. The maximum atomic E-state index is 12.6. The molecule has 29 heavy (non-hydrogen) atoms. The highest BCUT2D eigenvalue weighted by Crippen LogP contribution is 2.23. The number of rotatable bonds is 7. The molecule has 1 amide bonds. The zero-order chi connectivity index (χ0) is 20.1. The first kappa shape index (κ1) is 19.4. The molecule has 0 aliphatic carbocycles. The van der Waals surface area contributed by atoms with Gasteiger partial charge in [0, 0.05) is 30.5 Å². The van der Waals surface area contributed by atoms with E-state index in [0.717, 1.165) is 30.7 Å². The van der Waals surface area contributed by atoms with Crippen molar-refractivity contribution >= 4 is 17.2 Å². The van der Waals surface area contributed by atoms with Crippen molar-refractivity contribution in [2.24, 2.45) is 5.92 Å². The Hall–Kier alpha value is -2.87. The third-order valence-corrected chi connectivity index (χ3v) is 5.69. The van der Waals surface area contributed by atoms with Crippen molar-refractivity contribution in [3.63, 3.8) is 0 Å². The first-order chi connectivity index (χ1) is 14.2. The Morgan fingerprint density at radius 2 is 2.10 bits per heavy atom. The zero-order valence-electron chi connectivity index (χ0n) is 16.2. The molecule has 0 saturated carbocycles. The molecule has 3 heterocycles. The van der Waals surface area contributed by atoms with E-state index in [1.165, 1.54) is 0 Å². The van der Waals surface area contributed by atoms with Crippen LogP contribution in [0, 0.1) is 5.92 Å². The molecule has 1 fully saturated rings. The number of carbonyl (C=O) groups excluding carboxylic acids is 1. The Kier molecular flexibility index (Phi) is 6.09. The lowest BCUT2D eigenvalue weighted by Crippen LogP contribution is -2.42. The Morgan fingerprint density at radius 3 is 2.86 bits per heavy atom. The highest BCUT2D eigenvalue weighted by Gasteiger charge is 2.26. The van der Waals surface area contributed by atoms with Crippen molar-refractivity contribution in [3.05, 3.63) is 47.0 Å². The summed E-state index contributed by atoms with van der Waals surface area (Å²) in [5, 5.41) is 8.05. The van der Waals surface area contributed by atoms with Crippen LogP contribution in [-0.2, 0) is 11.2 Å². The summed E-state index contributed by atoms with van der Waals surface area (Å²) >= 11 is 1.60. The zero-order valence-corrected chi connectivity index (χ0v) is 17.1. The second-order valence-corrected chi connectivity index (χ2v) is 7.82. The van der Waals surface area contributed by atoms with Crippen LogP contribution in [0.4, 0.5) is 0 Å². The van der Waals surface area contributed by atoms with Crippen molar-refractivity contribution < 1.29 is 18.8 Å². The Labute approximate surface area is 173 Å². The quantitative estimate of drug-likeness (QED) is 0.588. The minimum atomic E-state index is -0.00462. The molecule has 0 spiro atoms. The number of likely N-dealkylation sites (tertiary alicyclic amines) is 1. The van der Waals surface area contributed by atoms with Crippen LogP contribution in [-0.4, -0.2) is 47.8 Å². The van der Waals surface area contributed by atoms with Crippen molar-refractivity contribution in [2.45, 2.75) is 19.3 Å². The fourth-order valence-corrected chi connectivity index (χ4v) is 4.09. The van der Waals surface area contributed by atoms with E-state index in [1.807, 2.05) is 33.9 Å². The molecule has 0 N–H and O–H groups in total. The predicted octanol–water partition coefficient (Wildman–Crippen LogP) is 3.67. The lowest BCUT2D eigenvalue weighted by molar-refractivity contribution is -0.135. The molecule has 8 heteroatoms. The number of hydrogen-bond acceptors (Lipinski definition) is 7. The minimum absolute atomic E-state index is 0.00462. The molecular formula is C21H23N3O4S. The van der Waals surface area contributed by atoms with Crippen LogP contribution >= 0.6 is 11.3 Å². The van der Waals surface area contributed by atoms with Crippen LogP contribution in [0.3, 0.4) is 0 Å². The number of benzene rings is 1. The molecule has 1 aromatic carbocycles. The van der Waals surface area contributed by atoms with Gasteiger partial charge in [0.05, 0.1) is 7.11 Å². The van der Waals surface area contributed by atoms with Gasteiger partial charge < -0.3 is 18.9 Å². The van der Waals surface area contributed by atoms with Crippen LogP contribution in [0.15, 0.2) is 45.6 Å². The Balaban J connectivity index is 1.29. The molecule has 1 aliphatic rings. The number of aromatic nitrogens is 2. The average molecular weight is 413 g/mol. The number of nitrogens with zero attached hydrogens (tertiary/aromatic N) is 3. The van der Waals surface area contributed by atoms with E-state index in [-0.39, 0.29) is 12.5 Å². The molecule has 152 valence electrons. The van der Waals surface area contributed by atoms with Gasteiger partial charge in [0.2, 0.25) is 11.7 Å². The van der Waals surface area contributed by atoms with E-state index in [9.17, 15) is 4.79 Å². The molecule has 4 rings (SSSR count). The lowest BCUT2D eigenvalue weighted by Gasteiger charge is -2.32. The summed E-state index contributed by atoms with van der Waals surface area (Å²) < 4.78 is 16.2. The van der Waals surface area contributed by atoms with Gasteiger partial charge in [-0.15, -0.1) is 0 Å². The number of ether oxygens (including phenoxy) is 2. The molecule has 1 aliphatic heterocycles. The second kappa shape index (κ2) is 9.09. The summed E-state index contributed by atoms with van der Waals surface area (Å²) in [5.74, 6) is 2.96. The number of carbonyl (C=O) groups is 1. The van der Waals surface area contributed by atoms with E-state index >= 15 is 0 Å². The number of hydrogen-bond donors (Lipinski definition) is 0. The van der Waals surface area contributed by atoms with Crippen molar-refractivity contribution in [3.8, 4) is 22.9 Å². The van der Waals surface area contributed by atoms with E-state index in [0.29, 0.717) is 36.3 Å². The van der Waals surface area contributed by atoms with Gasteiger partial charge in [-0.2, -0.15) is 16.3 Å². The highest BCUT2D eigenvalue weighted by molar-refractivity contribution is 7.08. The fraction of sp³-hybridized carbons (Fsp3) is 0.381. The third kappa shape index (κ3) is 4.95. The van der Waals surface area contributed by atoms with Gasteiger partial charge in [0.1, 0.15) is 11.5 Å². The van der Waals surface area contributed by atoms with Gasteiger partial charge in [0.25, 0.3) is 5.91 Å². The van der Waals surface area contributed by atoms with E-state index < -0.39 is 0 Å². The van der Waals surface area contributed by atoms with Gasteiger partial charge in [-0.3, -0.25) is 4.79 Å². The smallest absolute Gasteiger partial charge is 0.260 e. The average Bonchev–Trinajstić information content (AvgIpc) is 3.44. The molecule has 0 bridgehead atoms. The summed E-state index contributed by atoms with van der Waals surface area (Å²) in [7, 11) is 1.61. The van der Waals surface area contributed by atoms with Crippen LogP contribution < -0.4 is 9.47 Å². The monoisotopic (exact) mass is 413 g/mol. The fourth-order valence-electron chi connectivity index (χ4n) is 3.46. The molecule has 2 aromatic heterocycles. The largest absolute Gasteiger partial charge is 0.497 e. The topological polar surface area (TPSA) is 77.7 Å². The molecule has 1 atom stereocenters. The summed E-state index contributed by atoms with van der Waals surface area (Å²) in [5.41, 5.74) is 0.973. The molecule has 1 saturated heterocycles. The molecule has 3 aromatic rings. The number of methoxy groups -OCH3 is 1. The van der Waals surface area contributed by atoms with Crippen LogP contribution in [0.5, 0.6) is 11.5 Å². The van der Waals surface area contributed by atoms with Gasteiger partial charge in [-0.1, -0.05) is 5.16 Å². The first-order valence-electron chi connectivity index (χ1n) is 9.61. The summed E-state index contributed by atoms with van der Waals surface area (Å²) in [4.78, 5) is 18.9. The first-order valence-corrected chi connectivity index (χ1v) is 10.6. The predicted molar refractivity (Wildman–Crippen MR) is 109 cm³/mol. The summed E-state index contributed by atoms with van der Waals surface area (Å²) in [6.45, 7) is 1.47. The van der Waals surface area contributed by atoms with E-state index in [4.69, 9.17) is 14.0 Å². The minimum Gasteiger partial charge on any atom is -0.497 e. The second-order valence-electron chi connectivity index (χ2n) is 7.04. The van der Waals surface area contributed by atoms with E-state index in [1.54, 1.807) is 30.6 Å². The summed E-state index contributed by atoms with van der Waals surface area (Å²) in [6, 6.07) is 9.19. The molecule has 0 radical (unpaired) electrons. The number of thiophene rings is 1. The highest BCUT2D eigenvalue weighted by atomic mass is 32.1. The molecule has 7 nitrogen and oxygen atoms in total. The maximum Gasteiger partial charge on any atom is 0.260 e. The van der Waals surface area contributed by atoms with Crippen molar-refractivity contribution in [1.29, 1.82) is 0 Å². The lowest BCUT2D eigenvalue weighted by atomic mass is 9.95. The Morgan fingerprint density at radius 1 is 1.28 bits per heavy atom. The van der Waals surface area contributed by atoms with Gasteiger partial charge >= 0.3 is 0 Å². The number of piperidine rings is 1. The van der Waals surface area contributed by atoms with Gasteiger partial charge in [0.15, 0.2) is 6.61 Å². The van der Waals surface area contributed by atoms with E-state index in [2.05, 4.69) is 10.1 Å². The van der Waals surface area contributed by atoms with Gasteiger partial charge in [-0.25, -0.2) is 0 Å². The van der Waals surface area contributed by atoms with Crippen LogP contribution in [0.2, 0.25) is 0 Å². The van der Waals surface area contributed by atoms with Crippen LogP contribution in [0.1, 0.15) is 18.7 Å². The Bertz CT molecular complexity index is 924. The van der Waals surface area contributed by atoms with Crippen LogP contribution in [0.25, 0.3) is 11.4 Å². The standard InChI is InChI=1S/C21H23N3O4S/c1-26-17-4-6-18(7-5-17)27-13-20(25)24-9-2-3-15(12-24)11-19-22-21(23-28-19)16-8-10-29-14-16/h4-8,10,14-15H,2-3,9,11-13H2,1H3. The van der Waals surface area contributed by atoms with Crippen molar-refractivity contribution in [1.82, 2.24) is 15.0 Å². The third-order valence-electron chi connectivity index (χ3n) is 5.00. The molecular weight excluding hydrogens is 390 g/mol. The normalized spacial score (nSPS) is 16.6. The van der Waals surface area contributed by atoms with Crippen molar-refractivity contribution in [2.75, 3.05) is 26.8 Å². The SMILES string of the molecule is COc1ccc(OCC(=O)N2CCCC(Cc3nc(-c4ccsc4)no3)C2)cc1. The maximum absolute atomic E-state index is 12.6. The van der Waals surface area contributed by atoms with Gasteiger partial charge in [-0.05, 0) is 54.5 Å². The summed E-state index contributed by atoms with van der Waals surface area (Å²) in [6.07, 6.45) is 2.68.